The molecule has 0 bridgehead atoms. The molecule has 0 aliphatic rings. The SMILES string of the molecule is C.C=C.Cl.Cl.Cl.Cl. The fraction of sp³-hybridized carbons (Fsp3) is 0.333. The Kier molecular flexibility index (Phi) is 4410. The van der Waals surface area contributed by atoms with Crippen LogP contribution >= 0.6 is 49.6 Å². The highest BCUT2D eigenvalue weighted by atomic mass is 35.5. The molecular formula is C3H12Cl4. The van der Waals surface area contributed by atoms with Gasteiger partial charge in [-0.2, -0.15) is 0 Å². The van der Waals surface area contributed by atoms with Gasteiger partial charge in [-0.15, -0.1) is 62.8 Å². The average molecular weight is 190 g/mol. The van der Waals surface area contributed by atoms with E-state index in [9.17, 15) is 0 Å². The van der Waals surface area contributed by atoms with Crippen molar-refractivity contribution in [1.29, 1.82) is 0 Å². The highest BCUT2D eigenvalue weighted by Gasteiger charge is 0.601. The molecule has 0 aliphatic carbocycles. The molecule has 0 aliphatic heterocycles. The molecule has 0 N–H and O–H groups in total. The van der Waals surface area contributed by atoms with E-state index in [4.69, 9.17) is 0 Å². The van der Waals surface area contributed by atoms with Gasteiger partial charge in [0.2, 0.25) is 0 Å². The van der Waals surface area contributed by atoms with Crippen molar-refractivity contribution in [2.24, 2.45) is 0 Å². The summed E-state index contributed by atoms with van der Waals surface area (Å²) in [4.78, 5) is 0. The van der Waals surface area contributed by atoms with Crippen LogP contribution in [0.1, 0.15) is 7.43 Å². The van der Waals surface area contributed by atoms with Crippen molar-refractivity contribution in [1.82, 2.24) is 0 Å². The van der Waals surface area contributed by atoms with Crippen LogP contribution in [-0.4, -0.2) is 0 Å². The lowest BCUT2D eigenvalue weighted by Gasteiger charge is -0.813. The van der Waals surface area contributed by atoms with Gasteiger partial charge < -0.3 is 0 Å². The van der Waals surface area contributed by atoms with Crippen molar-refractivity contribution in [3.05, 3.63) is 13.2 Å². The first kappa shape index (κ1) is 104. The Balaban J connectivity index is -0.000000000500. The van der Waals surface area contributed by atoms with Crippen LogP contribution in [0.15, 0.2) is 13.2 Å². The summed E-state index contributed by atoms with van der Waals surface area (Å²) < 4.78 is 0. The van der Waals surface area contributed by atoms with Gasteiger partial charge in [-0.3, -0.25) is 0 Å². The minimum absolute atomic E-state index is 0. The van der Waals surface area contributed by atoms with E-state index in [1.165, 1.54) is 0 Å². The summed E-state index contributed by atoms with van der Waals surface area (Å²) in [6.07, 6.45) is 0. The second kappa shape index (κ2) is 297. The first-order chi connectivity index (χ1) is 1.00. The second-order valence-corrected chi connectivity index (χ2v) is 0. The van der Waals surface area contributed by atoms with Crippen molar-refractivity contribution in [2.75, 3.05) is 0 Å². The van der Waals surface area contributed by atoms with Crippen LogP contribution in [0, 0.1) is 0 Å². The van der Waals surface area contributed by atoms with E-state index in [2.05, 4.69) is 13.2 Å². The van der Waals surface area contributed by atoms with Crippen LogP contribution in [0.3, 0.4) is 0 Å². The molecule has 52 valence electrons. The zero-order valence-electron chi connectivity index (χ0n) is 3.05. The van der Waals surface area contributed by atoms with E-state index in [1.54, 1.807) is 0 Å². The molecule has 0 amide bonds. The van der Waals surface area contributed by atoms with Gasteiger partial charge in [0.05, 0.1) is 0 Å². The standard InChI is InChI=1S/C2H4.CH4.4ClH/c1-2;;;;;/h1-2H2;1H4;4*1H. The van der Waals surface area contributed by atoms with E-state index >= 15 is 0 Å². The minimum Gasteiger partial charge on any atom is -0.147 e. The Morgan fingerprint density at radius 3 is 0.571 bits per heavy atom. The number of hydrogen-bond donors (Lipinski definition) is 0. The summed E-state index contributed by atoms with van der Waals surface area (Å²) in [6.45, 7) is 6.00. The Bertz CT molecular complexity index is 6.90. The molecule has 0 nitrogen and oxygen atoms in total. The molecule has 0 aromatic carbocycles. The summed E-state index contributed by atoms with van der Waals surface area (Å²) in [5.74, 6) is 0. The van der Waals surface area contributed by atoms with Crippen LogP contribution in [-0.2, 0) is 0 Å². The normalized spacial score (nSPS) is 0.571. The predicted octanol–water partition coefficient (Wildman–Crippen LogP) is 3.13. The maximum atomic E-state index is 3.00. The van der Waals surface area contributed by atoms with Gasteiger partial charge in [0, 0.05) is 0 Å². The van der Waals surface area contributed by atoms with Crippen LogP contribution in [0.5, 0.6) is 0 Å². The van der Waals surface area contributed by atoms with Crippen molar-refractivity contribution in [3.8, 4) is 0 Å². The Labute approximate surface area is 70.4 Å². The third-order valence-corrected chi connectivity index (χ3v) is 0. The molecule has 0 spiro atoms. The number of rotatable bonds is 0. The molecule has 0 radical (unpaired) electrons. The maximum absolute atomic E-state index is 3.00. The van der Waals surface area contributed by atoms with Crippen LogP contribution in [0.2, 0.25) is 0 Å². The quantitative estimate of drug-likeness (QED) is 0.514. The third-order valence-electron chi connectivity index (χ3n) is 0. The van der Waals surface area contributed by atoms with Gasteiger partial charge in [0.25, 0.3) is 0 Å². The molecule has 0 saturated carbocycles. The molecule has 0 unspecified atom stereocenters. The van der Waals surface area contributed by atoms with E-state index in [0.29, 0.717) is 0 Å². The molecule has 0 saturated heterocycles. The van der Waals surface area contributed by atoms with Gasteiger partial charge in [0.15, 0.2) is 0 Å². The molecule has 0 heterocycles. The molecular weight excluding hydrogens is 178 g/mol. The van der Waals surface area contributed by atoms with Gasteiger partial charge in [-0.05, 0) is 0 Å². The summed E-state index contributed by atoms with van der Waals surface area (Å²) in [5, 5.41) is 0. The molecule has 0 atom stereocenters. The summed E-state index contributed by atoms with van der Waals surface area (Å²) in [6, 6.07) is 0. The molecule has 0 rings (SSSR count). The molecule has 0 fully saturated rings. The Morgan fingerprint density at radius 2 is 0.571 bits per heavy atom. The largest absolute Gasteiger partial charge is 0.147 e. The second-order valence-electron chi connectivity index (χ2n) is 0. The average Bonchev–Trinajstić information content (AvgIpc) is 1.00. The lowest BCUT2D eigenvalue weighted by atomic mass is 11.3. The monoisotopic (exact) mass is 188 g/mol. The number of halogens is 4. The molecule has 4 heteroatoms. The third kappa shape index (κ3) is 205. The van der Waals surface area contributed by atoms with Crippen LogP contribution in [0.25, 0.3) is 0 Å². The highest BCUT2D eigenvalue weighted by Crippen LogP contribution is 0.862. The molecule has 7 heavy (non-hydrogen) atoms. The highest BCUT2D eigenvalue weighted by molar-refractivity contribution is 5.86. The van der Waals surface area contributed by atoms with E-state index in [0.717, 1.165) is 0 Å². The minimum atomic E-state index is 0. The predicted molar refractivity (Wildman–Crippen MR) is 47.0 cm³/mol. The van der Waals surface area contributed by atoms with E-state index in [1.807, 2.05) is 0 Å². The van der Waals surface area contributed by atoms with Crippen molar-refractivity contribution < 1.29 is 0 Å². The fourth-order valence-electron chi connectivity index (χ4n) is 0. The van der Waals surface area contributed by atoms with Gasteiger partial charge in [-0.25, -0.2) is 0 Å². The zero-order valence-corrected chi connectivity index (χ0v) is 6.31. The van der Waals surface area contributed by atoms with Gasteiger partial charge in [-0.1, -0.05) is 7.43 Å². The molecule has 0 aromatic rings. The van der Waals surface area contributed by atoms with Crippen molar-refractivity contribution in [3.63, 3.8) is 0 Å². The first-order valence-electron chi connectivity index (χ1n) is 0.500. The van der Waals surface area contributed by atoms with Gasteiger partial charge >= 0.3 is 0 Å². The van der Waals surface area contributed by atoms with E-state index in [-0.39, 0.29) is 57.1 Å². The summed E-state index contributed by atoms with van der Waals surface area (Å²) in [5.41, 5.74) is 0. The van der Waals surface area contributed by atoms with Crippen LogP contribution < -0.4 is 0 Å². The van der Waals surface area contributed by atoms with Gasteiger partial charge in [0.1, 0.15) is 0 Å². The fourth-order valence-corrected chi connectivity index (χ4v) is 0. The smallest absolute Gasteiger partial charge is 0.0776 e. The lowest BCUT2D eigenvalue weighted by Crippen LogP contribution is -0.552. The van der Waals surface area contributed by atoms with Crippen molar-refractivity contribution in [2.45, 2.75) is 7.43 Å². The van der Waals surface area contributed by atoms with Crippen molar-refractivity contribution >= 4 is 49.6 Å². The topological polar surface area (TPSA) is 0 Å². The summed E-state index contributed by atoms with van der Waals surface area (Å²) in [7, 11) is 0. The Morgan fingerprint density at radius 1 is 0.571 bits per heavy atom. The van der Waals surface area contributed by atoms with Crippen LogP contribution in [0.4, 0.5) is 0 Å². The maximum Gasteiger partial charge on any atom is -0.0776 e. The first-order valence-corrected chi connectivity index (χ1v) is 0.500. The Hall–Kier alpha value is 0.900. The summed E-state index contributed by atoms with van der Waals surface area (Å²) >= 11 is 0. The number of hydrogen-bond acceptors (Lipinski definition) is 0. The lowest BCUT2D eigenvalue weighted by molar-refractivity contribution is 2.50. The zero-order chi connectivity index (χ0) is 2.00. The molecule has 0 aromatic heterocycles. The van der Waals surface area contributed by atoms with E-state index < -0.39 is 0 Å².